The predicted molar refractivity (Wildman–Crippen MR) is 127 cm³/mol. The molecule has 0 radical (unpaired) electrons. The number of carbonyl (C=O) groups is 2. The molecule has 2 aromatic rings. The van der Waals surface area contributed by atoms with Crippen LogP contribution in [0.2, 0.25) is 0 Å². The lowest BCUT2D eigenvalue weighted by molar-refractivity contribution is -0.158. The molecule has 5 rings (SSSR count). The molecule has 3 N–H and O–H groups in total. The summed E-state index contributed by atoms with van der Waals surface area (Å²) >= 11 is 6.32. The average Bonchev–Trinajstić information content (AvgIpc) is 3.46. The number of amides is 3. The summed E-state index contributed by atoms with van der Waals surface area (Å²) in [6.07, 6.45) is 0.643. The van der Waals surface area contributed by atoms with Crippen molar-refractivity contribution in [3.05, 3.63) is 53.0 Å². The Kier molecular flexibility index (Phi) is 6.26. The van der Waals surface area contributed by atoms with E-state index in [0.29, 0.717) is 42.4 Å². The third-order valence-electron chi connectivity index (χ3n) is 6.42. The molecule has 2 aromatic heterocycles. The standard InChI is InChI=1S/C23H23ClF3N7O3/c1-11(23(25,26)27)30-21(35)19-15(24)8-16-20(32-19)34(14-4-6-33(16)10-14)22(36)31-18-7-13(3-5-28-18)17-9-29-12(2)37-17/h3,5,7-9,11,14,19,32H,4,6,10H2,1-2H3,(H,30,35)(H,28,31,36)/t11-,14+,19?/m1/s1. The number of pyridine rings is 1. The molecule has 0 aliphatic carbocycles. The van der Waals surface area contributed by atoms with Gasteiger partial charge in [-0.05, 0) is 31.6 Å². The van der Waals surface area contributed by atoms with E-state index >= 15 is 0 Å². The van der Waals surface area contributed by atoms with Gasteiger partial charge in [0.25, 0.3) is 0 Å². The summed E-state index contributed by atoms with van der Waals surface area (Å²) in [6, 6.07) is -0.757. The van der Waals surface area contributed by atoms with E-state index in [9.17, 15) is 22.8 Å². The lowest BCUT2D eigenvalue weighted by atomic mass is 10.1. The molecule has 196 valence electrons. The van der Waals surface area contributed by atoms with Gasteiger partial charge in [0.1, 0.15) is 23.7 Å². The SMILES string of the molecule is Cc1ncc(-c2ccnc(NC(=O)N3C4=C(C=C(Cl)C(C(=O)N[C@H](C)C(F)(F)F)N4)N4CC[C@H]3C4)c2)o1. The van der Waals surface area contributed by atoms with Crippen LogP contribution in [0, 0.1) is 6.92 Å². The summed E-state index contributed by atoms with van der Waals surface area (Å²) in [5.74, 6) is 0.603. The molecule has 0 spiro atoms. The summed E-state index contributed by atoms with van der Waals surface area (Å²) in [5, 5.41) is 7.62. The largest absolute Gasteiger partial charge is 0.441 e. The van der Waals surface area contributed by atoms with E-state index in [0.717, 1.165) is 6.92 Å². The van der Waals surface area contributed by atoms with Crippen molar-refractivity contribution in [3.63, 3.8) is 0 Å². The molecule has 37 heavy (non-hydrogen) atoms. The summed E-state index contributed by atoms with van der Waals surface area (Å²) < 4.78 is 44.5. The van der Waals surface area contributed by atoms with Gasteiger partial charge in [0.2, 0.25) is 5.91 Å². The highest BCUT2D eigenvalue weighted by Gasteiger charge is 2.45. The number of alkyl halides is 3. The van der Waals surface area contributed by atoms with Crippen LogP contribution in [0.4, 0.5) is 23.8 Å². The molecule has 3 atom stereocenters. The summed E-state index contributed by atoms with van der Waals surface area (Å²) in [5.41, 5.74) is 1.25. The van der Waals surface area contributed by atoms with Crippen LogP contribution < -0.4 is 16.0 Å². The van der Waals surface area contributed by atoms with Crippen molar-refractivity contribution >= 4 is 29.4 Å². The van der Waals surface area contributed by atoms with Crippen LogP contribution in [0.3, 0.4) is 0 Å². The molecule has 3 amide bonds. The van der Waals surface area contributed by atoms with Crippen molar-refractivity contribution in [2.45, 2.75) is 44.6 Å². The van der Waals surface area contributed by atoms with Crippen LogP contribution in [0.5, 0.6) is 0 Å². The highest BCUT2D eigenvalue weighted by atomic mass is 35.5. The van der Waals surface area contributed by atoms with Crippen LogP contribution in [0.1, 0.15) is 19.2 Å². The van der Waals surface area contributed by atoms with Crippen molar-refractivity contribution in [2.75, 3.05) is 18.4 Å². The van der Waals surface area contributed by atoms with Crippen molar-refractivity contribution < 1.29 is 27.2 Å². The molecular formula is C23H23ClF3N7O3. The Morgan fingerprint density at radius 2 is 2.11 bits per heavy atom. The number of oxazole rings is 1. The number of rotatable bonds is 4. The summed E-state index contributed by atoms with van der Waals surface area (Å²) in [7, 11) is 0. The van der Waals surface area contributed by atoms with Gasteiger partial charge in [-0.2, -0.15) is 13.2 Å². The van der Waals surface area contributed by atoms with E-state index in [2.05, 4.69) is 20.6 Å². The van der Waals surface area contributed by atoms with E-state index < -0.39 is 30.2 Å². The Labute approximate surface area is 214 Å². The molecule has 1 saturated heterocycles. The molecular weight excluding hydrogens is 515 g/mol. The number of hydrogen-bond acceptors (Lipinski definition) is 7. The van der Waals surface area contributed by atoms with Gasteiger partial charge < -0.3 is 20.0 Å². The third-order valence-corrected chi connectivity index (χ3v) is 6.74. The fraction of sp³-hybridized carbons (Fsp3) is 0.391. The highest BCUT2D eigenvalue weighted by Crippen LogP contribution is 2.36. The summed E-state index contributed by atoms with van der Waals surface area (Å²) in [4.78, 5) is 37.9. The number of aryl methyl sites for hydroxylation is 1. The normalized spacial score (nSPS) is 21.7. The third kappa shape index (κ3) is 4.82. The number of nitrogens with zero attached hydrogens (tertiary/aromatic N) is 4. The van der Waals surface area contributed by atoms with Crippen LogP contribution in [0.15, 0.2) is 51.6 Å². The van der Waals surface area contributed by atoms with Crippen molar-refractivity contribution in [2.24, 2.45) is 0 Å². The lowest BCUT2D eigenvalue weighted by Crippen LogP contribution is -2.58. The van der Waals surface area contributed by atoms with Gasteiger partial charge in [-0.1, -0.05) is 11.6 Å². The number of nitrogens with one attached hydrogen (secondary N) is 3. The van der Waals surface area contributed by atoms with Gasteiger partial charge >= 0.3 is 12.2 Å². The van der Waals surface area contributed by atoms with Gasteiger partial charge in [-0.3, -0.25) is 15.0 Å². The number of hydrogen-bond donors (Lipinski definition) is 3. The number of fused-ring (bicyclic) bond motifs is 3. The van der Waals surface area contributed by atoms with E-state index in [4.69, 9.17) is 16.0 Å². The molecule has 10 nitrogen and oxygen atoms in total. The van der Waals surface area contributed by atoms with Gasteiger partial charge in [0, 0.05) is 31.8 Å². The lowest BCUT2D eigenvalue weighted by Gasteiger charge is -2.41. The maximum absolute atomic E-state index is 13.5. The molecule has 3 aliphatic rings. The Hall–Kier alpha value is -3.74. The minimum Gasteiger partial charge on any atom is -0.441 e. The Bertz CT molecular complexity index is 1310. The van der Waals surface area contributed by atoms with Crippen molar-refractivity contribution in [1.82, 2.24) is 30.4 Å². The zero-order valence-corrected chi connectivity index (χ0v) is 20.5. The first kappa shape index (κ1) is 24.9. The van der Waals surface area contributed by atoms with Gasteiger partial charge in [-0.15, -0.1) is 0 Å². The zero-order valence-electron chi connectivity index (χ0n) is 19.8. The number of allylic oxidation sites excluding steroid dienone is 1. The maximum Gasteiger partial charge on any atom is 0.408 e. The van der Waals surface area contributed by atoms with E-state index in [-0.39, 0.29) is 22.7 Å². The molecule has 1 fully saturated rings. The van der Waals surface area contributed by atoms with Crippen molar-refractivity contribution in [3.8, 4) is 11.3 Å². The Balaban J connectivity index is 1.38. The fourth-order valence-electron chi connectivity index (χ4n) is 4.50. The van der Waals surface area contributed by atoms with Gasteiger partial charge in [0.15, 0.2) is 11.7 Å². The minimum atomic E-state index is -4.61. The smallest absolute Gasteiger partial charge is 0.408 e. The Morgan fingerprint density at radius 3 is 2.81 bits per heavy atom. The van der Waals surface area contributed by atoms with E-state index in [1.54, 1.807) is 25.3 Å². The molecule has 5 heterocycles. The number of urea groups is 1. The van der Waals surface area contributed by atoms with E-state index in [1.807, 2.05) is 10.2 Å². The molecule has 0 aromatic carbocycles. The zero-order chi connectivity index (χ0) is 26.5. The predicted octanol–water partition coefficient (Wildman–Crippen LogP) is 3.30. The van der Waals surface area contributed by atoms with Crippen LogP contribution in [0.25, 0.3) is 11.3 Å². The maximum atomic E-state index is 13.5. The highest BCUT2D eigenvalue weighted by molar-refractivity contribution is 6.32. The number of halogens is 4. The molecule has 0 saturated carbocycles. The Morgan fingerprint density at radius 1 is 1.32 bits per heavy atom. The second-order valence-corrected chi connectivity index (χ2v) is 9.41. The second kappa shape index (κ2) is 9.29. The first-order chi connectivity index (χ1) is 17.5. The van der Waals surface area contributed by atoms with Crippen molar-refractivity contribution in [1.29, 1.82) is 0 Å². The molecule has 14 heteroatoms. The first-order valence-electron chi connectivity index (χ1n) is 11.5. The number of dihydropyridines is 1. The number of carbonyl (C=O) groups excluding carboxylic acids is 2. The molecule has 1 unspecified atom stereocenters. The quantitative estimate of drug-likeness (QED) is 0.548. The molecule has 2 bridgehead atoms. The average molecular weight is 538 g/mol. The van der Waals surface area contributed by atoms with Crippen LogP contribution in [-0.4, -0.2) is 69.1 Å². The summed E-state index contributed by atoms with van der Waals surface area (Å²) in [6.45, 7) is 3.75. The molecule has 3 aliphatic heterocycles. The monoisotopic (exact) mass is 537 g/mol. The number of anilines is 1. The van der Waals surface area contributed by atoms with E-state index in [1.165, 1.54) is 17.2 Å². The second-order valence-electron chi connectivity index (χ2n) is 8.97. The fourth-order valence-corrected chi connectivity index (χ4v) is 4.76. The number of aromatic nitrogens is 2. The van der Waals surface area contributed by atoms with Gasteiger partial charge in [0.05, 0.1) is 23.0 Å². The first-order valence-corrected chi connectivity index (χ1v) is 11.9. The van der Waals surface area contributed by atoms with Gasteiger partial charge in [-0.25, -0.2) is 14.8 Å². The minimum absolute atomic E-state index is 0.0213. The topological polar surface area (TPSA) is 116 Å². The van der Waals surface area contributed by atoms with Crippen LogP contribution in [-0.2, 0) is 4.79 Å². The van der Waals surface area contributed by atoms with Crippen LogP contribution >= 0.6 is 11.6 Å².